The molecule has 2 rings (SSSR count). The zero-order valence-corrected chi connectivity index (χ0v) is 13.9. The van der Waals surface area contributed by atoms with Crippen molar-refractivity contribution in [2.75, 3.05) is 13.1 Å². The average Bonchev–Trinajstić information content (AvgIpc) is 3.12. The number of aliphatic imine (C=N–C) groups is 1. The van der Waals surface area contributed by atoms with E-state index >= 15 is 0 Å². The molecule has 0 aliphatic rings. The third kappa shape index (κ3) is 4.80. The van der Waals surface area contributed by atoms with Crippen LogP contribution in [-0.4, -0.2) is 38.7 Å². The van der Waals surface area contributed by atoms with E-state index in [1.54, 1.807) is 0 Å². The summed E-state index contributed by atoms with van der Waals surface area (Å²) < 4.78 is 7.00. The van der Waals surface area contributed by atoms with Crippen molar-refractivity contribution in [2.45, 2.75) is 33.9 Å². The highest BCUT2D eigenvalue weighted by Crippen LogP contribution is 2.09. The van der Waals surface area contributed by atoms with Crippen LogP contribution in [0, 0.1) is 24.0 Å². The van der Waals surface area contributed by atoms with Crippen LogP contribution in [0.25, 0.3) is 0 Å². The van der Waals surface area contributed by atoms with Gasteiger partial charge in [0.2, 0.25) is 5.89 Å². The number of rotatable bonds is 7. The van der Waals surface area contributed by atoms with Gasteiger partial charge in [0, 0.05) is 13.1 Å². The van der Waals surface area contributed by atoms with Crippen LogP contribution < -0.4 is 10.6 Å². The van der Waals surface area contributed by atoms with Crippen LogP contribution in [0.4, 0.5) is 5.69 Å². The number of hydrogen-bond acceptors (Lipinski definition) is 6. The van der Waals surface area contributed by atoms with Gasteiger partial charge >= 0.3 is 5.69 Å². The lowest BCUT2D eigenvalue weighted by molar-refractivity contribution is -0.385. The van der Waals surface area contributed by atoms with Crippen molar-refractivity contribution in [1.29, 1.82) is 0 Å². The van der Waals surface area contributed by atoms with Crippen LogP contribution in [0.15, 0.2) is 21.8 Å². The van der Waals surface area contributed by atoms with Crippen molar-refractivity contribution < 1.29 is 9.34 Å². The van der Waals surface area contributed by atoms with E-state index in [4.69, 9.17) is 4.42 Å². The first kappa shape index (κ1) is 17.4. The zero-order chi connectivity index (χ0) is 17.5. The summed E-state index contributed by atoms with van der Waals surface area (Å²) in [7, 11) is 0. The van der Waals surface area contributed by atoms with Crippen molar-refractivity contribution in [1.82, 2.24) is 25.4 Å². The molecular formula is C14H21N7O3. The number of aryl methyl sites for hydroxylation is 2. The minimum Gasteiger partial charge on any atom is -0.444 e. The molecule has 10 nitrogen and oxygen atoms in total. The summed E-state index contributed by atoms with van der Waals surface area (Å²) in [6.07, 6.45) is 2.62. The SMILES string of the molecule is CCNC(=NCc1nc(C)c(C)o1)NCCn1cc([N+](=O)[O-])cn1. The molecule has 10 heteroatoms. The Kier molecular flexibility index (Phi) is 5.88. The summed E-state index contributed by atoms with van der Waals surface area (Å²) in [4.78, 5) is 18.8. The Morgan fingerprint density at radius 3 is 2.83 bits per heavy atom. The molecule has 0 atom stereocenters. The van der Waals surface area contributed by atoms with Gasteiger partial charge in [0.05, 0.1) is 17.2 Å². The van der Waals surface area contributed by atoms with E-state index in [0.29, 0.717) is 38.0 Å². The number of nitrogens with zero attached hydrogens (tertiary/aromatic N) is 5. The van der Waals surface area contributed by atoms with Gasteiger partial charge in [-0.25, -0.2) is 9.98 Å². The van der Waals surface area contributed by atoms with Gasteiger partial charge < -0.3 is 15.1 Å². The van der Waals surface area contributed by atoms with Gasteiger partial charge in [0.15, 0.2) is 5.96 Å². The van der Waals surface area contributed by atoms with Crippen molar-refractivity contribution >= 4 is 11.6 Å². The van der Waals surface area contributed by atoms with Gasteiger partial charge in [-0.1, -0.05) is 0 Å². The molecule has 2 N–H and O–H groups in total. The molecule has 0 radical (unpaired) electrons. The van der Waals surface area contributed by atoms with Crippen LogP contribution in [0.1, 0.15) is 24.3 Å². The zero-order valence-electron chi connectivity index (χ0n) is 13.9. The van der Waals surface area contributed by atoms with Gasteiger partial charge in [-0.3, -0.25) is 14.8 Å². The van der Waals surface area contributed by atoms with E-state index in [9.17, 15) is 10.1 Å². The largest absolute Gasteiger partial charge is 0.444 e. The van der Waals surface area contributed by atoms with Crippen LogP contribution in [0.2, 0.25) is 0 Å². The molecule has 0 aliphatic heterocycles. The first-order valence-electron chi connectivity index (χ1n) is 7.61. The number of nitro groups is 1. The Morgan fingerprint density at radius 1 is 1.46 bits per heavy atom. The maximum Gasteiger partial charge on any atom is 0.306 e. The maximum atomic E-state index is 10.6. The second-order valence-corrected chi connectivity index (χ2v) is 5.09. The molecule has 130 valence electrons. The predicted octanol–water partition coefficient (Wildman–Crippen LogP) is 1.15. The standard InChI is InChI=1S/C14H21N7O3/c1-4-15-14(17-8-13-19-10(2)11(3)24-13)16-5-6-20-9-12(7-18-20)21(22)23/h7,9H,4-6,8H2,1-3H3,(H2,15,16,17). The van der Waals surface area contributed by atoms with E-state index in [-0.39, 0.29) is 5.69 Å². The Labute approximate surface area is 139 Å². The first-order valence-corrected chi connectivity index (χ1v) is 7.61. The molecule has 0 fully saturated rings. The van der Waals surface area contributed by atoms with E-state index in [1.165, 1.54) is 17.1 Å². The Hall–Kier alpha value is -2.91. The van der Waals surface area contributed by atoms with Crippen molar-refractivity contribution in [3.8, 4) is 0 Å². The van der Waals surface area contributed by atoms with E-state index in [2.05, 4.69) is 25.7 Å². The minimum absolute atomic E-state index is 0.0230. The Morgan fingerprint density at radius 2 is 2.25 bits per heavy atom. The van der Waals surface area contributed by atoms with Gasteiger partial charge in [-0.15, -0.1) is 0 Å². The first-order chi connectivity index (χ1) is 11.5. The van der Waals surface area contributed by atoms with E-state index in [0.717, 1.165) is 11.5 Å². The van der Waals surface area contributed by atoms with Crippen LogP contribution >= 0.6 is 0 Å². The highest BCUT2D eigenvalue weighted by atomic mass is 16.6. The smallest absolute Gasteiger partial charge is 0.306 e. The van der Waals surface area contributed by atoms with Crippen LogP contribution in [-0.2, 0) is 13.1 Å². The third-order valence-electron chi connectivity index (χ3n) is 3.25. The van der Waals surface area contributed by atoms with Crippen molar-refractivity contribution in [3.63, 3.8) is 0 Å². The van der Waals surface area contributed by atoms with Crippen LogP contribution in [0.5, 0.6) is 0 Å². The van der Waals surface area contributed by atoms with E-state index in [1.807, 2.05) is 20.8 Å². The fraction of sp³-hybridized carbons (Fsp3) is 0.500. The molecule has 2 aromatic rings. The van der Waals surface area contributed by atoms with E-state index < -0.39 is 4.92 Å². The summed E-state index contributed by atoms with van der Waals surface area (Å²) in [6.45, 7) is 7.76. The molecule has 0 saturated heterocycles. The molecule has 0 unspecified atom stereocenters. The molecule has 0 aromatic carbocycles. The summed E-state index contributed by atoms with van der Waals surface area (Å²) in [5.41, 5.74) is 0.837. The molecule has 0 saturated carbocycles. The lowest BCUT2D eigenvalue weighted by Gasteiger charge is -2.10. The summed E-state index contributed by atoms with van der Waals surface area (Å²) in [5.74, 6) is 1.97. The molecule has 0 aliphatic carbocycles. The molecule has 24 heavy (non-hydrogen) atoms. The monoisotopic (exact) mass is 335 g/mol. The highest BCUT2D eigenvalue weighted by Gasteiger charge is 2.09. The van der Waals surface area contributed by atoms with Gasteiger partial charge in [-0.2, -0.15) is 5.10 Å². The lowest BCUT2D eigenvalue weighted by atomic mass is 10.4. The third-order valence-corrected chi connectivity index (χ3v) is 3.25. The number of aromatic nitrogens is 3. The average molecular weight is 335 g/mol. The Bertz CT molecular complexity index is 700. The molecule has 2 heterocycles. The second kappa shape index (κ2) is 8.09. The number of nitrogens with one attached hydrogen (secondary N) is 2. The van der Waals surface area contributed by atoms with Gasteiger partial charge in [0.25, 0.3) is 0 Å². The highest BCUT2D eigenvalue weighted by molar-refractivity contribution is 5.79. The fourth-order valence-electron chi connectivity index (χ4n) is 1.95. The number of guanidine groups is 1. The van der Waals surface area contributed by atoms with Crippen molar-refractivity contribution in [2.24, 2.45) is 4.99 Å². The number of hydrogen-bond donors (Lipinski definition) is 2. The number of oxazole rings is 1. The van der Waals surface area contributed by atoms with Gasteiger partial charge in [0.1, 0.15) is 24.7 Å². The topological polar surface area (TPSA) is 123 Å². The van der Waals surface area contributed by atoms with Gasteiger partial charge in [-0.05, 0) is 20.8 Å². The summed E-state index contributed by atoms with van der Waals surface area (Å²) in [6, 6.07) is 0. The predicted molar refractivity (Wildman–Crippen MR) is 87.7 cm³/mol. The Balaban J connectivity index is 1.87. The normalized spacial score (nSPS) is 11.5. The van der Waals surface area contributed by atoms with Crippen molar-refractivity contribution in [3.05, 3.63) is 39.9 Å². The molecule has 0 amide bonds. The minimum atomic E-state index is -0.469. The quantitative estimate of drug-likeness (QED) is 0.337. The lowest BCUT2D eigenvalue weighted by Crippen LogP contribution is -2.38. The maximum absolute atomic E-state index is 10.6. The molecule has 2 aromatic heterocycles. The molecule has 0 spiro atoms. The fourth-order valence-corrected chi connectivity index (χ4v) is 1.95. The summed E-state index contributed by atoms with van der Waals surface area (Å²) >= 11 is 0. The second-order valence-electron chi connectivity index (χ2n) is 5.09. The molecule has 0 bridgehead atoms. The van der Waals surface area contributed by atoms with Crippen LogP contribution in [0.3, 0.4) is 0 Å². The summed E-state index contributed by atoms with van der Waals surface area (Å²) in [5, 5.41) is 20.8. The molecular weight excluding hydrogens is 314 g/mol.